The van der Waals surface area contributed by atoms with Gasteiger partial charge in [0.1, 0.15) is 0 Å². The molecule has 4 aromatic carbocycles. The Hall–Kier alpha value is -3.90. The molecule has 0 nitrogen and oxygen atoms in total. The average molecular weight is 441 g/mol. The molecule has 4 aromatic rings. The van der Waals surface area contributed by atoms with Crippen LogP contribution in [0.15, 0.2) is 128 Å². The highest BCUT2D eigenvalue weighted by molar-refractivity contribution is 5.82. The molecule has 0 N–H and O–H groups in total. The van der Waals surface area contributed by atoms with Crippen LogP contribution in [-0.2, 0) is 5.41 Å². The van der Waals surface area contributed by atoms with Crippen molar-refractivity contribution in [3.05, 3.63) is 145 Å². The largest absolute Gasteiger partial charge is 0.0990 e. The Kier molecular flexibility index (Phi) is 7.09. The van der Waals surface area contributed by atoms with Gasteiger partial charge in [-0.25, -0.2) is 0 Å². The minimum absolute atomic E-state index is 0.0701. The summed E-state index contributed by atoms with van der Waals surface area (Å²) in [6, 6.07) is 36.6. The fourth-order valence-electron chi connectivity index (χ4n) is 4.23. The third-order valence-electron chi connectivity index (χ3n) is 6.01. The summed E-state index contributed by atoms with van der Waals surface area (Å²) < 4.78 is 0. The van der Waals surface area contributed by atoms with E-state index in [2.05, 4.69) is 149 Å². The van der Waals surface area contributed by atoms with Crippen LogP contribution in [0.2, 0.25) is 0 Å². The SMILES string of the molecule is C=C/C=C(\C=C/c1ccc(-c2cccc(-c3ccccc3)c2)cc1)c1ccccc1C(C)(C)C. The summed E-state index contributed by atoms with van der Waals surface area (Å²) in [7, 11) is 0. The van der Waals surface area contributed by atoms with Crippen LogP contribution in [-0.4, -0.2) is 0 Å². The van der Waals surface area contributed by atoms with Crippen LogP contribution in [0.25, 0.3) is 33.9 Å². The topological polar surface area (TPSA) is 0 Å². The lowest BCUT2D eigenvalue weighted by Crippen LogP contribution is -2.13. The first-order chi connectivity index (χ1) is 16.5. The predicted octanol–water partition coefficient (Wildman–Crippen LogP) is 9.60. The summed E-state index contributed by atoms with van der Waals surface area (Å²) in [5.74, 6) is 0. The number of hydrogen-bond acceptors (Lipinski definition) is 0. The molecule has 0 aliphatic carbocycles. The molecular weight excluding hydrogens is 408 g/mol. The molecule has 34 heavy (non-hydrogen) atoms. The van der Waals surface area contributed by atoms with E-state index >= 15 is 0 Å². The van der Waals surface area contributed by atoms with Gasteiger partial charge in [-0.15, -0.1) is 0 Å². The zero-order valence-electron chi connectivity index (χ0n) is 20.3. The summed E-state index contributed by atoms with van der Waals surface area (Å²) in [5, 5.41) is 0. The summed E-state index contributed by atoms with van der Waals surface area (Å²) in [4.78, 5) is 0. The molecule has 0 bridgehead atoms. The van der Waals surface area contributed by atoms with Crippen molar-refractivity contribution in [1.29, 1.82) is 0 Å². The van der Waals surface area contributed by atoms with Gasteiger partial charge in [-0.05, 0) is 56.0 Å². The lowest BCUT2D eigenvalue weighted by Gasteiger charge is -2.23. The number of allylic oxidation sites excluding steroid dienone is 4. The minimum Gasteiger partial charge on any atom is -0.0990 e. The first-order valence-electron chi connectivity index (χ1n) is 11.8. The first-order valence-corrected chi connectivity index (χ1v) is 11.8. The van der Waals surface area contributed by atoms with E-state index in [0.29, 0.717) is 0 Å². The van der Waals surface area contributed by atoms with E-state index in [9.17, 15) is 0 Å². The molecular formula is C34H32. The van der Waals surface area contributed by atoms with Crippen LogP contribution in [0.4, 0.5) is 0 Å². The lowest BCUT2D eigenvalue weighted by molar-refractivity contribution is 0.589. The molecule has 0 amide bonds. The Bertz CT molecular complexity index is 1310. The predicted molar refractivity (Wildman–Crippen MR) is 150 cm³/mol. The van der Waals surface area contributed by atoms with Crippen LogP contribution in [0, 0.1) is 0 Å². The smallest absolute Gasteiger partial charge is 0.0126 e. The highest BCUT2D eigenvalue weighted by atomic mass is 14.2. The summed E-state index contributed by atoms with van der Waals surface area (Å²) in [6.45, 7) is 10.7. The van der Waals surface area contributed by atoms with Crippen LogP contribution in [0.1, 0.15) is 37.5 Å². The summed E-state index contributed by atoms with van der Waals surface area (Å²) in [6.07, 6.45) is 8.32. The summed E-state index contributed by atoms with van der Waals surface area (Å²) in [5.41, 5.74) is 9.91. The van der Waals surface area contributed by atoms with Crippen molar-refractivity contribution in [2.45, 2.75) is 26.2 Å². The second-order valence-corrected chi connectivity index (χ2v) is 9.56. The molecule has 0 fully saturated rings. The van der Waals surface area contributed by atoms with Crippen molar-refractivity contribution >= 4 is 11.6 Å². The van der Waals surface area contributed by atoms with Gasteiger partial charge < -0.3 is 0 Å². The van der Waals surface area contributed by atoms with Crippen LogP contribution >= 0.6 is 0 Å². The van der Waals surface area contributed by atoms with Crippen molar-refractivity contribution in [2.24, 2.45) is 0 Å². The minimum atomic E-state index is 0.0701. The van der Waals surface area contributed by atoms with E-state index in [4.69, 9.17) is 0 Å². The van der Waals surface area contributed by atoms with Gasteiger partial charge in [0.25, 0.3) is 0 Å². The molecule has 0 radical (unpaired) electrons. The molecule has 0 saturated carbocycles. The zero-order valence-corrected chi connectivity index (χ0v) is 20.3. The molecule has 0 spiro atoms. The van der Waals surface area contributed by atoms with Gasteiger partial charge in [0.05, 0.1) is 0 Å². The Morgan fingerprint density at radius 1 is 0.647 bits per heavy atom. The van der Waals surface area contributed by atoms with E-state index in [1.54, 1.807) is 0 Å². The maximum absolute atomic E-state index is 3.94. The molecule has 0 heterocycles. The Balaban J connectivity index is 1.59. The highest BCUT2D eigenvalue weighted by Gasteiger charge is 2.18. The van der Waals surface area contributed by atoms with Crippen LogP contribution < -0.4 is 0 Å². The Morgan fingerprint density at radius 2 is 1.24 bits per heavy atom. The zero-order chi connectivity index (χ0) is 24.0. The van der Waals surface area contributed by atoms with Gasteiger partial charge in [0.2, 0.25) is 0 Å². The van der Waals surface area contributed by atoms with E-state index in [1.807, 2.05) is 6.08 Å². The van der Waals surface area contributed by atoms with E-state index in [1.165, 1.54) is 44.5 Å². The van der Waals surface area contributed by atoms with Crippen LogP contribution in [0.5, 0.6) is 0 Å². The molecule has 0 aromatic heterocycles. The second-order valence-electron chi connectivity index (χ2n) is 9.56. The van der Waals surface area contributed by atoms with E-state index in [-0.39, 0.29) is 5.41 Å². The van der Waals surface area contributed by atoms with Gasteiger partial charge in [-0.3, -0.25) is 0 Å². The molecule has 4 rings (SSSR count). The van der Waals surface area contributed by atoms with E-state index < -0.39 is 0 Å². The molecule has 0 unspecified atom stereocenters. The maximum atomic E-state index is 3.94. The highest BCUT2D eigenvalue weighted by Crippen LogP contribution is 2.31. The monoisotopic (exact) mass is 440 g/mol. The average Bonchev–Trinajstić information content (AvgIpc) is 2.87. The van der Waals surface area contributed by atoms with Gasteiger partial charge in [0.15, 0.2) is 0 Å². The number of rotatable bonds is 6. The third-order valence-corrected chi connectivity index (χ3v) is 6.01. The number of benzene rings is 4. The van der Waals surface area contributed by atoms with Crippen LogP contribution in [0.3, 0.4) is 0 Å². The second kappa shape index (κ2) is 10.4. The van der Waals surface area contributed by atoms with Gasteiger partial charge >= 0.3 is 0 Å². The molecule has 0 heteroatoms. The van der Waals surface area contributed by atoms with Gasteiger partial charge in [-0.1, -0.05) is 149 Å². The molecule has 168 valence electrons. The Labute approximate surface area is 204 Å². The normalized spacial score (nSPS) is 12.1. The Morgan fingerprint density at radius 3 is 1.88 bits per heavy atom. The molecule has 0 aliphatic heterocycles. The first kappa shape index (κ1) is 23.3. The standard InChI is InChI=1S/C34H32/c1-5-12-29(32-17-9-10-18-33(32)34(2,3)4)24-21-26-19-22-28(23-20-26)31-16-11-15-30(25-31)27-13-7-6-8-14-27/h5-25H,1H2,2-4H3/b24-21-,29-12+. The number of hydrogen-bond donors (Lipinski definition) is 0. The third kappa shape index (κ3) is 5.53. The molecule has 0 atom stereocenters. The van der Waals surface area contributed by atoms with E-state index in [0.717, 1.165) is 0 Å². The van der Waals surface area contributed by atoms with Crippen molar-refractivity contribution in [3.8, 4) is 22.3 Å². The quantitative estimate of drug-likeness (QED) is 0.262. The molecule has 0 saturated heterocycles. The fraction of sp³-hybridized carbons (Fsp3) is 0.118. The van der Waals surface area contributed by atoms with Crippen molar-refractivity contribution in [3.63, 3.8) is 0 Å². The van der Waals surface area contributed by atoms with Crippen molar-refractivity contribution in [1.82, 2.24) is 0 Å². The van der Waals surface area contributed by atoms with Crippen molar-refractivity contribution in [2.75, 3.05) is 0 Å². The maximum Gasteiger partial charge on any atom is -0.0126 e. The lowest BCUT2D eigenvalue weighted by atomic mass is 9.81. The fourth-order valence-corrected chi connectivity index (χ4v) is 4.23. The summed E-state index contributed by atoms with van der Waals surface area (Å²) >= 11 is 0. The van der Waals surface area contributed by atoms with Gasteiger partial charge in [0, 0.05) is 0 Å². The van der Waals surface area contributed by atoms with Crippen molar-refractivity contribution < 1.29 is 0 Å². The molecule has 0 aliphatic rings. The van der Waals surface area contributed by atoms with Gasteiger partial charge in [-0.2, -0.15) is 0 Å².